The van der Waals surface area contributed by atoms with Gasteiger partial charge in [-0.2, -0.15) is 0 Å². The van der Waals surface area contributed by atoms with Crippen molar-refractivity contribution in [2.75, 3.05) is 0 Å². The lowest BCUT2D eigenvalue weighted by Gasteiger charge is -2.37. The van der Waals surface area contributed by atoms with Crippen molar-refractivity contribution in [3.05, 3.63) is 33.6 Å². The average Bonchev–Trinajstić information content (AvgIpc) is 2.32. The summed E-state index contributed by atoms with van der Waals surface area (Å²) in [6.07, 6.45) is 4.82. The fourth-order valence-electron chi connectivity index (χ4n) is 3.15. The second-order valence-corrected chi connectivity index (χ2v) is 7.45. The summed E-state index contributed by atoms with van der Waals surface area (Å²) in [5, 5.41) is 4.18. The van der Waals surface area contributed by atoms with Gasteiger partial charge in [-0.1, -0.05) is 43.5 Å². The summed E-state index contributed by atoms with van der Waals surface area (Å²) in [6.45, 7) is 6.64. The fourth-order valence-corrected chi connectivity index (χ4v) is 3.70. The first-order chi connectivity index (χ1) is 9.28. The van der Waals surface area contributed by atoms with Gasteiger partial charge in [-0.25, -0.2) is 4.39 Å². The van der Waals surface area contributed by atoms with E-state index in [4.69, 9.17) is 23.2 Å². The van der Waals surface area contributed by atoms with Crippen molar-refractivity contribution < 1.29 is 4.39 Å². The summed E-state index contributed by atoms with van der Waals surface area (Å²) in [6, 6.07) is 3.41. The maximum atomic E-state index is 13.6. The van der Waals surface area contributed by atoms with Crippen molar-refractivity contribution in [3.63, 3.8) is 0 Å². The van der Waals surface area contributed by atoms with Crippen molar-refractivity contribution in [1.82, 2.24) is 5.32 Å². The molecule has 0 spiro atoms. The molecule has 1 aliphatic rings. The zero-order valence-electron chi connectivity index (χ0n) is 12.3. The lowest BCUT2D eigenvalue weighted by atomic mass is 9.75. The molecule has 4 heteroatoms. The van der Waals surface area contributed by atoms with Gasteiger partial charge < -0.3 is 5.32 Å². The van der Waals surface area contributed by atoms with Gasteiger partial charge in [0.25, 0.3) is 0 Å². The molecule has 0 radical (unpaired) electrons. The van der Waals surface area contributed by atoms with E-state index in [1.54, 1.807) is 0 Å². The molecule has 0 aromatic heterocycles. The Bertz CT molecular complexity index is 488. The second-order valence-electron chi connectivity index (χ2n) is 6.63. The molecule has 0 amide bonds. The Hall–Kier alpha value is -0.310. The third-order valence-electron chi connectivity index (χ3n) is 4.20. The summed E-state index contributed by atoms with van der Waals surface area (Å²) in [4.78, 5) is 0. The predicted molar refractivity (Wildman–Crippen MR) is 84.0 cm³/mol. The quantitative estimate of drug-likeness (QED) is 0.700. The summed E-state index contributed by atoms with van der Waals surface area (Å²) < 4.78 is 13.6. The van der Waals surface area contributed by atoms with E-state index in [2.05, 4.69) is 19.2 Å². The molecule has 2 rings (SSSR count). The molecule has 0 bridgehead atoms. The molecule has 1 aromatic carbocycles. The smallest absolute Gasteiger partial charge is 0.142 e. The lowest BCUT2D eigenvalue weighted by molar-refractivity contribution is 0.191. The van der Waals surface area contributed by atoms with Crippen LogP contribution < -0.4 is 5.32 Å². The molecule has 20 heavy (non-hydrogen) atoms. The Morgan fingerprint density at radius 3 is 2.65 bits per heavy atom. The van der Waals surface area contributed by atoms with Gasteiger partial charge in [-0.3, -0.25) is 0 Å². The van der Waals surface area contributed by atoms with Crippen molar-refractivity contribution in [2.45, 2.75) is 58.5 Å². The van der Waals surface area contributed by atoms with Gasteiger partial charge in [0, 0.05) is 17.1 Å². The number of halogens is 3. The fraction of sp³-hybridized carbons (Fsp3) is 0.625. The van der Waals surface area contributed by atoms with Gasteiger partial charge in [-0.15, -0.1) is 0 Å². The highest BCUT2D eigenvalue weighted by atomic mass is 35.5. The molecule has 1 aromatic rings. The molecular weight excluding hydrogens is 296 g/mol. The van der Waals surface area contributed by atoms with Crippen molar-refractivity contribution in [2.24, 2.45) is 5.41 Å². The lowest BCUT2D eigenvalue weighted by Crippen LogP contribution is -2.38. The Balaban J connectivity index is 2.08. The molecule has 1 nitrogen and oxygen atoms in total. The van der Waals surface area contributed by atoms with E-state index in [0.717, 1.165) is 12.0 Å². The Morgan fingerprint density at radius 1 is 1.30 bits per heavy atom. The molecule has 0 aliphatic heterocycles. The highest BCUT2D eigenvalue weighted by molar-refractivity contribution is 6.35. The SMILES string of the molecule is CC(NC1CCCC(C)(C)C1)c1cc(F)c(Cl)cc1Cl. The van der Waals surface area contributed by atoms with E-state index in [9.17, 15) is 4.39 Å². The van der Waals surface area contributed by atoms with Crippen molar-refractivity contribution in [3.8, 4) is 0 Å². The van der Waals surface area contributed by atoms with Gasteiger partial charge >= 0.3 is 0 Å². The average molecular weight is 318 g/mol. The number of hydrogen-bond donors (Lipinski definition) is 1. The van der Waals surface area contributed by atoms with Crippen LogP contribution in [-0.2, 0) is 0 Å². The molecule has 2 unspecified atom stereocenters. The van der Waals surface area contributed by atoms with E-state index in [-0.39, 0.29) is 11.1 Å². The Morgan fingerprint density at radius 2 is 2.00 bits per heavy atom. The van der Waals surface area contributed by atoms with Gasteiger partial charge in [0.05, 0.1) is 5.02 Å². The third-order valence-corrected chi connectivity index (χ3v) is 4.81. The maximum Gasteiger partial charge on any atom is 0.142 e. The van der Waals surface area contributed by atoms with Gasteiger partial charge in [-0.05, 0) is 49.3 Å². The van der Waals surface area contributed by atoms with Crippen LogP contribution in [0.2, 0.25) is 10.0 Å². The molecule has 1 saturated carbocycles. The summed E-state index contributed by atoms with van der Waals surface area (Å²) in [5.74, 6) is -0.413. The maximum absolute atomic E-state index is 13.6. The molecule has 1 N–H and O–H groups in total. The molecule has 0 heterocycles. The van der Waals surface area contributed by atoms with Crippen LogP contribution in [0.4, 0.5) is 4.39 Å². The molecule has 0 saturated heterocycles. The zero-order chi connectivity index (χ0) is 14.9. The largest absolute Gasteiger partial charge is 0.307 e. The summed E-state index contributed by atoms with van der Waals surface area (Å²) in [7, 11) is 0. The monoisotopic (exact) mass is 317 g/mol. The van der Waals surface area contributed by atoms with Crippen molar-refractivity contribution in [1.29, 1.82) is 0 Å². The van der Waals surface area contributed by atoms with E-state index in [0.29, 0.717) is 16.5 Å². The first-order valence-electron chi connectivity index (χ1n) is 7.19. The van der Waals surface area contributed by atoms with Crippen LogP contribution in [0.25, 0.3) is 0 Å². The van der Waals surface area contributed by atoms with E-state index in [1.165, 1.54) is 31.4 Å². The van der Waals surface area contributed by atoms with Gasteiger partial charge in [0.2, 0.25) is 0 Å². The normalized spacial score (nSPS) is 23.6. The molecule has 1 aliphatic carbocycles. The van der Waals surface area contributed by atoms with Crippen LogP contribution in [0.15, 0.2) is 12.1 Å². The number of hydrogen-bond acceptors (Lipinski definition) is 1. The summed E-state index contributed by atoms with van der Waals surface area (Å²) in [5.41, 5.74) is 1.15. The Labute approximate surface area is 130 Å². The number of rotatable bonds is 3. The van der Waals surface area contributed by atoms with Gasteiger partial charge in [0.15, 0.2) is 0 Å². The van der Waals surface area contributed by atoms with Crippen LogP contribution in [0.5, 0.6) is 0 Å². The topological polar surface area (TPSA) is 12.0 Å². The zero-order valence-corrected chi connectivity index (χ0v) is 13.8. The highest BCUT2D eigenvalue weighted by Crippen LogP contribution is 2.36. The minimum Gasteiger partial charge on any atom is -0.307 e. The standard InChI is InChI=1S/C16H22Cl2FN/c1-10(12-7-15(19)14(18)8-13(12)17)20-11-5-4-6-16(2,3)9-11/h7-8,10-11,20H,4-6,9H2,1-3H3. The van der Waals surface area contributed by atoms with Crippen LogP contribution in [0.3, 0.4) is 0 Å². The van der Waals surface area contributed by atoms with E-state index < -0.39 is 5.82 Å². The van der Waals surface area contributed by atoms with Crippen LogP contribution >= 0.6 is 23.2 Å². The Kier molecular flexibility index (Phi) is 4.99. The molecule has 112 valence electrons. The number of nitrogens with one attached hydrogen (secondary N) is 1. The van der Waals surface area contributed by atoms with Crippen LogP contribution in [0, 0.1) is 11.2 Å². The minimum absolute atomic E-state index is 0.0215. The van der Waals surface area contributed by atoms with Crippen LogP contribution in [-0.4, -0.2) is 6.04 Å². The predicted octanol–water partition coefficient (Wildman–Crippen LogP) is 5.75. The first kappa shape index (κ1) is 16.1. The van der Waals surface area contributed by atoms with E-state index in [1.807, 2.05) is 6.92 Å². The first-order valence-corrected chi connectivity index (χ1v) is 7.94. The minimum atomic E-state index is -0.413. The number of benzene rings is 1. The van der Waals surface area contributed by atoms with Crippen LogP contribution in [0.1, 0.15) is 58.1 Å². The van der Waals surface area contributed by atoms with E-state index >= 15 is 0 Å². The van der Waals surface area contributed by atoms with Gasteiger partial charge in [0.1, 0.15) is 5.82 Å². The van der Waals surface area contributed by atoms with Crippen molar-refractivity contribution >= 4 is 23.2 Å². The second kappa shape index (κ2) is 6.21. The molecular formula is C16H22Cl2FN. The molecule has 2 atom stereocenters. The molecule has 1 fully saturated rings. The third kappa shape index (κ3) is 3.87. The highest BCUT2D eigenvalue weighted by Gasteiger charge is 2.29. The summed E-state index contributed by atoms with van der Waals surface area (Å²) >= 11 is 11.9.